The summed E-state index contributed by atoms with van der Waals surface area (Å²) < 4.78 is 28.2. The van der Waals surface area contributed by atoms with Crippen molar-refractivity contribution < 1.29 is 8.42 Å². The fourth-order valence-electron chi connectivity index (χ4n) is 3.81. The average molecular weight is 447 g/mol. The first kappa shape index (κ1) is 20.6. The van der Waals surface area contributed by atoms with Gasteiger partial charge >= 0.3 is 0 Å². The normalized spacial score (nSPS) is 15.8. The molecule has 0 unspecified atom stereocenters. The second kappa shape index (κ2) is 8.98. The number of hydrogen-bond donors (Lipinski definition) is 1. The Hall–Kier alpha value is -1.70. The Balaban J connectivity index is 1.48. The molecule has 29 heavy (non-hydrogen) atoms. The Morgan fingerprint density at radius 1 is 1.10 bits per heavy atom. The van der Waals surface area contributed by atoms with E-state index in [4.69, 9.17) is 11.6 Å². The van der Waals surface area contributed by atoms with E-state index >= 15 is 0 Å². The minimum absolute atomic E-state index is 0.00347. The minimum atomic E-state index is -3.47. The van der Waals surface area contributed by atoms with Crippen molar-refractivity contribution in [3.8, 4) is 0 Å². The van der Waals surface area contributed by atoms with Crippen molar-refractivity contribution in [2.24, 2.45) is 0 Å². The predicted molar refractivity (Wildman–Crippen MR) is 120 cm³/mol. The topological polar surface area (TPSA) is 49.4 Å². The maximum absolute atomic E-state index is 12.7. The number of fused-ring (bicyclic) bond motifs is 1. The van der Waals surface area contributed by atoms with Crippen molar-refractivity contribution in [3.05, 3.63) is 92.6 Å². The molecule has 0 radical (unpaired) electrons. The molecule has 1 aliphatic rings. The number of nitrogens with zero attached hydrogens (tertiary/aromatic N) is 1. The molecule has 0 saturated carbocycles. The van der Waals surface area contributed by atoms with Crippen LogP contribution in [0.5, 0.6) is 0 Å². The summed E-state index contributed by atoms with van der Waals surface area (Å²) in [4.78, 5) is 2.37. The van der Waals surface area contributed by atoms with Crippen LogP contribution in [0.15, 0.2) is 65.4 Å². The smallest absolute Gasteiger partial charge is 0.215 e. The van der Waals surface area contributed by atoms with E-state index in [2.05, 4.69) is 45.3 Å². The van der Waals surface area contributed by atoms with Gasteiger partial charge in [0.05, 0.1) is 5.75 Å². The van der Waals surface area contributed by atoms with Gasteiger partial charge < -0.3 is 0 Å². The molecule has 0 spiro atoms. The summed E-state index contributed by atoms with van der Waals surface area (Å²) in [6.07, 6.45) is 0.978. The van der Waals surface area contributed by atoms with Gasteiger partial charge in [-0.05, 0) is 57.6 Å². The number of halogens is 1. The molecule has 1 aromatic heterocycles. The fraction of sp³-hybridized carbons (Fsp3) is 0.273. The number of thiophene rings is 1. The molecule has 152 valence electrons. The Kier molecular flexibility index (Phi) is 6.37. The van der Waals surface area contributed by atoms with E-state index in [0.717, 1.165) is 25.1 Å². The zero-order valence-electron chi connectivity index (χ0n) is 15.9. The zero-order valence-corrected chi connectivity index (χ0v) is 18.3. The number of rotatable bonds is 7. The minimum Gasteiger partial charge on any atom is -0.290 e. The molecule has 4 nitrogen and oxygen atoms in total. The highest BCUT2D eigenvalue weighted by molar-refractivity contribution is 7.88. The van der Waals surface area contributed by atoms with Gasteiger partial charge in [0.25, 0.3) is 0 Å². The highest BCUT2D eigenvalue weighted by Crippen LogP contribution is 2.29. The number of benzene rings is 2. The van der Waals surface area contributed by atoms with Gasteiger partial charge in [-0.25, -0.2) is 13.1 Å². The number of nitrogens with one attached hydrogen (secondary N) is 1. The van der Waals surface area contributed by atoms with Gasteiger partial charge in [-0.3, -0.25) is 4.90 Å². The van der Waals surface area contributed by atoms with Crippen molar-refractivity contribution in [2.75, 3.05) is 13.1 Å². The Morgan fingerprint density at radius 3 is 2.69 bits per heavy atom. The molecule has 1 aliphatic heterocycles. The first-order chi connectivity index (χ1) is 14.0. The van der Waals surface area contributed by atoms with E-state index in [-0.39, 0.29) is 11.8 Å². The lowest BCUT2D eigenvalue weighted by atomic mass is 9.97. The largest absolute Gasteiger partial charge is 0.290 e. The van der Waals surface area contributed by atoms with Gasteiger partial charge in [-0.2, -0.15) is 11.3 Å². The summed E-state index contributed by atoms with van der Waals surface area (Å²) >= 11 is 7.63. The second-order valence-electron chi connectivity index (χ2n) is 7.30. The molecule has 0 saturated heterocycles. The quantitative estimate of drug-likeness (QED) is 0.576. The van der Waals surface area contributed by atoms with Crippen LogP contribution >= 0.6 is 22.9 Å². The van der Waals surface area contributed by atoms with Gasteiger partial charge in [0.15, 0.2) is 0 Å². The summed E-state index contributed by atoms with van der Waals surface area (Å²) in [5, 5.41) is 4.69. The molecule has 0 amide bonds. The van der Waals surface area contributed by atoms with Gasteiger partial charge in [0.2, 0.25) is 10.0 Å². The molecular weight excluding hydrogens is 424 g/mol. The van der Waals surface area contributed by atoms with Crippen LogP contribution in [0.2, 0.25) is 5.02 Å². The van der Waals surface area contributed by atoms with Crippen LogP contribution in [0.4, 0.5) is 0 Å². The fourth-order valence-corrected chi connectivity index (χ4v) is 5.86. The van der Waals surface area contributed by atoms with E-state index in [1.54, 1.807) is 35.6 Å². The van der Waals surface area contributed by atoms with E-state index in [9.17, 15) is 8.42 Å². The monoisotopic (exact) mass is 446 g/mol. The van der Waals surface area contributed by atoms with E-state index < -0.39 is 10.0 Å². The Labute approximate surface area is 181 Å². The van der Waals surface area contributed by atoms with Gasteiger partial charge in [-0.1, -0.05) is 48.0 Å². The van der Waals surface area contributed by atoms with Gasteiger partial charge in [-0.15, -0.1) is 0 Å². The molecule has 0 fully saturated rings. The highest BCUT2D eigenvalue weighted by atomic mass is 35.5. The molecule has 4 rings (SSSR count). The lowest BCUT2D eigenvalue weighted by Gasteiger charge is -2.35. The highest BCUT2D eigenvalue weighted by Gasteiger charge is 2.26. The van der Waals surface area contributed by atoms with Crippen molar-refractivity contribution >= 4 is 33.0 Å². The second-order valence-corrected chi connectivity index (χ2v) is 10.3. The molecule has 1 atom stereocenters. The third kappa shape index (κ3) is 5.27. The molecule has 0 aliphatic carbocycles. The van der Waals surface area contributed by atoms with Crippen LogP contribution in [0, 0.1) is 0 Å². The van der Waals surface area contributed by atoms with E-state index in [0.29, 0.717) is 17.1 Å². The first-order valence-corrected chi connectivity index (χ1v) is 12.5. The molecule has 2 heterocycles. The molecule has 0 bridgehead atoms. The third-order valence-electron chi connectivity index (χ3n) is 5.27. The van der Waals surface area contributed by atoms with E-state index in [1.807, 2.05) is 5.38 Å². The summed E-state index contributed by atoms with van der Waals surface area (Å²) in [5.74, 6) is -0.0766. The summed E-state index contributed by atoms with van der Waals surface area (Å²) in [7, 11) is -3.47. The number of sulfonamides is 1. The van der Waals surface area contributed by atoms with E-state index in [1.165, 1.54) is 11.1 Å². The van der Waals surface area contributed by atoms with Crippen LogP contribution in [0.3, 0.4) is 0 Å². The lowest BCUT2D eigenvalue weighted by Crippen LogP contribution is -2.40. The van der Waals surface area contributed by atoms with Crippen LogP contribution in [-0.4, -0.2) is 26.4 Å². The molecule has 2 aromatic carbocycles. The van der Waals surface area contributed by atoms with Crippen LogP contribution < -0.4 is 4.72 Å². The molecule has 1 N–H and O–H groups in total. The van der Waals surface area contributed by atoms with Crippen LogP contribution in [0.25, 0.3) is 0 Å². The van der Waals surface area contributed by atoms with Crippen molar-refractivity contribution in [1.82, 2.24) is 9.62 Å². The Morgan fingerprint density at radius 2 is 1.93 bits per heavy atom. The first-order valence-electron chi connectivity index (χ1n) is 9.55. The van der Waals surface area contributed by atoms with Crippen molar-refractivity contribution in [3.63, 3.8) is 0 Å². The van der Waals surface area contributed by atoms with Crippen LogP contribution in [-0.2, 0) is 28.7 Å². The third-order valence-corrected chi connectivity index (χ3v) is 7.53. The van der Waals surface area contributed by atoms with Gasteiger partial charge in [0.1, 0.15) is 0 Å². The maximum atomic E-state index is 12.7. The molecular formula is C22H23ClN2O2S2. The molecule has 7 heteroatoms. The lowest BCUT2D eigenvalue weighted by molar-refractivity contribution is 0.180. The average Bonchev–Trinajstić information content (AvgIpc) is 3.22. The standard InChI is InChI=1S/C22H23ClN2O2S2/c23-21-7-3-4-17(12-21)16-29(26,27)24-13-22(20-9-11-28-15-20)25-10-8-18-5-1-2-6-19(18)14-25/h1-7,9,11-12,15,22,24H,8,10,13-14,16H2/t22-/m1/s1. The SMILES string of the molecule is O=S(=O)(Cc1cccc(Cl)c1)NC[C@H](c1ccsc1)N1CCc2ccccc2C1. The summed E-state index contributed by atoms with van der Waals surface area (Å²) in [6, 6.07) is 17.6. The molecule has 3 aromatic rings. The predicted octanol–water partition coefficient (Wildman–Crippen LogP) is 4.62. The maximum Gasteiger partial charge on any atom is 0.215 e. The Bertz CT molecular complexity index is 1070. The summed E-state index contributed by atoms with van der Waals surface area (Å²) in [6.45, 7) is 2.09. The van der Waals surface area contributed by atoms with Gasteiger partial charge in [0, 0.05) is 30.7 Å². The van der Waals surface area contributed by atoms with Crippen molar-refractivity contribution in [2.45, 2.75) is 24.8 Å². The zero-order chi connectivity index (χ0) is 20.3. The van der Waals surface area contributed by atoms with Crippen LogP contribution in [0.1, 0.15) is 28.3 Å². The summed E-state index contributed by atoms with van der Waals surface area (Å²) in [5.41, 5.74) is 4.54. The van der Waals surface area contributed by atoms with Crippen molar-refractivity contribution in [1.29, 1.82) is 0 Å². The number of hydrogen-bond acceptors (Lipinski definition) is 4.